The van der Waals surface area contributed by atoms with Crippen molar-refractivity contribution in [3.8, 4) is 5.75 Å². The summed E-state index contributed by atoms with van der Waals surface area (Å²) in [6.45, 7) is 3.73. The van der Waals surface area contributed by atoms with E-state index in [-0.39, 0.29) is 18.4 Å². The number of anilines is 1. The lowest BCUT2D eigenvalue weighted by molar-refractivity contribution is -0.118. The summed E-state index contributed by atoms with van der Waals surface area (Å²) in [6, 6.07) is 19.7. The molecule has 0 atom stereocenters. The molecule has 3 aromatic rings. The van der Waals surface area contributed by atoms with E-state index in [0.717, 1.165) is 11.1 Å². The maximum absolute atomic E-state index is 12.1. The summed E-state index contributed by atoms with van der Waals surface area (Å²) in [5, 5.41) is 7.05. The zero-order valence-electron chi connectivity index (χ0n) is 17.2. The van der Waals surface area contributed by atoms with Crippen LogP contribution in [-0.2, 0) is 4.79 Å². The van der Waals surface area contributed by atoms with Gasteiger partial charge in [0, 0.05) is 11.3 Å². The second-order valence-corrected chi connectivity index (χ2v) is 7.37. The van der Waals surface area contributed by atoms with Crippen LogP contribution in [0.15, 0.2) is 71.8 Å². The number of nitrogens with zero attached hydrogens (tertiary/aromatic N) is 1. The van der Waals surface area contributed by atoms with Gasteiger partial charge in [-0.2, -0.15) is 5.10 Å². The number of carbonyl (C=O) groups excluding carboxylic acids is 2. The molecule has 0 bridgehead atoms. The van der Waals surface area contributed by atoms with Gasteiger partial charge in [-0.25, -0.2) is 5.43 Å². The number of aryl methyl sites for hydroxylation is 2. The standard InChI is InChI=1S/C24H22ClN3O3/c1-16-6-9-19(10-7-16)24(30)28-26-14-18-8-11-22(21(25)13-18)31-15-23(29)27-20-5-3-4-17(2)12-20/h3-14H,15H2,1-2H3,(H,27,29)(H,28,30)/b26-14+. The maximum atomic E-state index is 12.1. The summed E-state index contributed by atoms with van der Waals surface area (Å²) in [5.41, 5.74) is 6.50. The van der Waals surface area contributed by atoms with Crippen LogP contribution in [0.4, 0.5) is 5.69 Å². The Hall–Kier alpha value is -3.64. The molecule has 7 heteroatoms. The van der Waals surface area contributed by atoms with Gasteiger partial charge in [0.2, 0.25) is 0 Å². The first-order chi connectivity index (χ1) is 14.9. The summed E-state index contributed by atoms with van der Waals surface area (Å²) < 4.78 is 5.51. The van der Waals surface area contributed by atoms with Crippen LogP contribution in [0.5, 0.6) is 5.75 Å². The fraction of sp³-hybridized carbons (Fsp3) is 0.125. The molecule has 0 aliphatic carbocycles. The highest BCUT2D eigenvalue weighted by Crippen LogP contribution is 2.25. The van der Waals surface area contributed by atoms with Gasteiger partial charge < -0.3 is 10.1 Å². The number of hydrogen-bond acceptors (Lipinski definition) is 4. The van der Waals surface area contributed by atoms with Crippen LogP contribution in [0.2, 0.25) is 5.02 Å². The van der Waals surface area contributed by atoms with Crippen molar-refractivity contribution in [3.05, 3.63) is 94.0 Å². The highest BCUT2D eigenvalue weighted by molar-refractivity contribution is 6.32. The highest BCUT2D eigenvalue weighted by atomic mass is 35.5. The average molecular weight is 436 g/mol. The highest BCUT2D eigenvalue weighted by Gasteiger charge is 2.08. The Bertz CT molecular complexity index is 1110. The lowest BCUT2D eigenvalue weighted by Gasteiger charge is -2.09. The monoisotopic (exact) mass is 435 g/mol. The number of benzene rings is 3. The number of carbonyl (C=O) groups is 2. The Kier molecular flexibility index (Phi) is 7.40. The molecule has 0 saturated carbocycles. The number of ether oxygens (including phenoxy) is 1. The van der Waals surface area contributed by atoms with E-state index in [0.29, 0.717) is 27.6 Å². The first-order valence-corrected chi connectivity index (χ1v) is 9.97. The van der Waals surface area contributed by atoms with Crippen molar-refractivity contribution >= 4 is 35.3 Å². The minimum Gasteiger partial charge on any atom is -0.482 e. The van der Waals surface area contributed by atoms with Crippen molar-refractivity contribution in [2.45, 2.75) is 13.8 Å². The molecule has 6 nitrogen and oxygen atoms in total. The van der Waals surface area contributed by atoms with Crippen molar-refractivity contribution in [1.29, 1.82) is 0 Å². The third kappa shape index (κ3) is 6.69. The third-order valence-corrected chi connectivity index (χ3v) is 4.61. The van der Waals surface area contributed by atoms with Crippen LogP contribution < -0.4 is 15.5 Å². The number of hydrazone groups is 1. The van der Waals surface area contributed by atoms with Gasteiger partial charge in [0.05, 0.1) is 11.2 Å². The molecule has 0 aliphatic rings. The van der Waals surface area contributed by atoms with E-state index in [1.807, 2.05) is 50.2 Å². The number of amides is 2. The SMILES string of the molecule is Cc1ccc(C(=O)N/N=C/c2ccc(OCC(=O)Nc3cccc(C)c3)c(Cl)c2)cc1. The topological polar surface area (TPSA) is 79.8 Å². The predicted octanol–water partition coefficient (Wildman–Crippen LogP) is 4.74. The summed E-state index contributed by atoms with van der Waals surface area (Å²) in [7, 11) is 0. The van der Waals surface area contributed by atoms with E-state index in [1.165, 1.54) is 6.21 Å². The molecule has 3 rings (SSSR count). The normalized spacial score (nSPS) is 10.7. The Morgan fingerprint density at radius 1 is 1.00 bits per heavy atom. The molecule has 31 heavy (non-hydrogen) atoms. The number of halogens is 1. The summed E-state index contributed by atoms with van der Waals surface area (Å²) in [4.78, 5) is 24.1. The quantitative estimate of drug-likeness (QED) is 0.415. The largest absolute Gasteiger partial charge is 0.482 e. The number of hydrogen-bond donors (Lipinski definition) is 2. The van der Waals surface area contributed by atoms with Crippen LogP contribution in [0, 0.1) is 13.8 Å². The first kappa shape index (κ1) is 22.1. The van der Waals surface area contributed by atoms with Crippen molar-refractivity contribution in [2.24, 2.45) is 5.10 Å². The fourth-order valence-corrected chi connectivity index (χ4v) is 2.96. The van der Waals surface area contributed by atoms with E-state index < -0.39 is 0 Å². The van der Waals surface area contributed by atoms with Gasteiger partial charge in [-0.05, 0) is 67.4 Å². The maximum Gasteiger partial charge on any atom is 0.271 e. The molecule has 2 amide bonds. The Labute approximate surface area is 185 Å². The lowest BCUT2D eigenvalue weighted by atomic mass is 10.1. The van der Waals surface area contributed by atoms with E-state index >= 15 is 0 Å². The van der Waals surface area contributed by atoms with Gasteiger partial charge in [-0.3, -0.25) is 9.59 Å². The average Bonchev–Trinajstić information content (AvgIpc) is 2.73. The zero-order valence-corrected chi connectivity index (χ0v) is 17.9. The second kappa shape index (κ2) is 10.4. The molecule has 0 radical (unpaired) electrons. The van der Waals surface area contributed by atoms with Crippen molar-refractivity contribution in [2.75, 3.05) is 11.9 Å². The molecule has 0 spiro atoms. The number of nitrogens with one attached hydrogen (secondary N) is 2. The second-order valence-electron chi connectivity index (χ2n) is 6.96. The summed E-state index contributed by atoms with van der Waals surface area (Å²) in [6.07, 6.45) is 1.48. The molecule has 0 unspecified atom stereocenters. The minimum atomic E-state index is -0.304. The van der Waals surface area contributed by atoms with Crippen molar-refractivity contribution < 1.29 is 14.3 Å². The van der Waals surface area contributed by atoms with Crippen LogP contribution >= 0.6 is 11.6 Å². The van der Waals surface area contributed by atoms with Crippen LogP contribution in [0.25, 0.3) is 0 Å². The molecular formula is C24H22ClN3O3. The predicted molar refractivity (Wildman–Crippen MR) is 123 cm³/mol. The minimum absolute atomic E-state index is 0.173. The van der Waals surface area contributed by atoms with Crippen LogP contribution in [-0.4, -0.2) is 24.6 Å². The molecule has 0 heterocycles. The molecule has 0 saturated heterocycles. The zero-order chi connectivity index (χ0) is 22.2. The molecular weight excluding hydrogens is 414 g/mol. The molecule has 3 aromatic carbocycles. The lowest BCUT2D eigenvalue weighted by Crippen LogP contribution is -2.20. The molecule has 2 N–H and O–H groups in total. The molecule has 0 aromatic heterocycles. The molecule has 158 valence electrons. The fourth-order valence-electron chi connectivity index (χ4n) is 2.71. The Morgan fingerprint density at radius 3 is 2.48 bits per heavy atom. The van der Waals surface area contributed by atoms with Gasteiger partial charge >= 0.3 is 0 Å². The summed E-state index contributed by atoms with van der Waals surface area (Å²) >= 11 is 6.24. The molecule has 0 aliphatic heterocycles. The third-order valence-electron chi connectivity index (χ3n) is 4.31. The van der Waals surface area contributed by atoms with Gasteiger partial charge in [-0.15, -0.1) is 0 Å². The van der Waals surface area contributed by atoms with E-state index in [2.05, 4.69) is 15.8 Å². The van der Waals surface area contributed by atoms with E-state index in [1.54, 1.807) is 30.3 Å². The van der Waals surface area contributed by atoms with E-state index in [4.69, 9.17) is 16.3 Å². The van der Waals surface area contributed by atoms with Crippen molar-refractivity contribution in [3.63, 3.8) is 0 Å². The van der Waals surface area contributed by atoms with Crippen molar-refractivity contribution in [1.82, 2.24) is 5.43 Å². The Balaban J connectivity index is 1.52. The van der Waals surface area contributed by atoms with Gasteiger partial charge in [0.1, 0.15) is 5.75 Å². The Morgan fingerprint density at radius 2 is 1.77 bits per heavy atom. The summed E-state index contributed by atoms with van der Waals surface area (Å²) in [5.74, 6) is -0.213. The van der Waals surface area contributed by atoms with Crippen LogP contribution in [0.3, 0.4) is 0 Å². The van der Waals surface area contributed by atoms with E-state index in [9.17, 15) is 9.59 Å². The molecule has 0 fully saturated rings. The van der Waals surface area contributed by atoms with Crippen LogP contribution in [0.1, 0.15) is 27.0 Å². The van der Waals surface area contributed by atoms with Gasteiger partial charge in [-0.1, -0.05) is 41.4 Å². The first-order valence-electron chi connectivity index (χ1n) is 9.59. The number of rotatable bonds is 7. The smallest absolute Gasteiger partial charge is 0.271 e. The van der Waals surface area contributed by atoms with Gasteiger partial charge in [0.15, 0.2) is 6.61 Å². The van der Waals surface area contributed by atoms with Gasteiger partial charge in [0.25, 0.3) is 11.8 Å².